The Morgan fingerprint density at radius 1 is 0.912 bits per heavy atom. The number of carbonyl (C=O) groups is 1. The standard InChI is InChI=1S/C27H22N4O2S/c1-2-18-12-14-20(15-13-18)23-17-34-27(28-23)29-25(32)24-21-10-6-7-11-22(21)26(33)31(30-24)16-19-8-4-3-5-9-19/h3-15,17H,2,16H2,1H3,(H,28,29,32). The lowest BCUT2D eigenvalue weighted by Crippen LogP contribution is -2.28. The van der Waals surface area contributed by atoms with E-state index in [0.717, 1.165) is 23.2 Å². The second kappa shape index (κ2) is 9.41. The van der Waals surface area contributed by atoms with Gasteiger partial charge in [-0.15, -0.1) is 11.3 Å². The summed E-state index contributed by atoms with van der Waals surface area (Å²) in [7, 11) is 0. The minimum atomic E-state index is -0.403. The van der Waals surface area contributed by atoms with Gasteiger partial charge in [-0.1, -0.05) is 79.7 Å². The number of benzene rings is 3. The monoisotopic (exact) mass is 466 g/mol. The molecule has 2 heterocycles. The molecular weight excluding hydrogens is 444 g/mol. The van der Waals surface area contributed by atoms with Gasteiger partial charge in [-0.25, -0.2) is 9.67 Å². The number of carbonyl (C=O) groups excluding carboxylic acids is 1. The number of aromatic nitrogens is 3. The number of thiazole rings is 1. The van der Waals surface area contributed by atoms with Gasteiger partial charge < -0.3 is 0 Å². The van der Waals surface area contributed by atoms with E-state index in [2.05, 4.69) is 34.5 Å². The lowest BCUT2D eigenvalue weighted by atomic mass is 10.1. The summed E-state index contributed by atoms with van der Waals surface area (Å²) in [5.74, 6) is -0.403. The van der Waals surface area contributed by atoms with E-state index in [1.165, 1.54) is 21.6 Å². The highest BCUT2D eigenvalue weighted by molar-refractivity contribution is 7.14. The Morgan fingerprint density at radius 3 is 2.35 bits per heavy atom. The molecule has 0 spiro atoms. The molecular formula is C27H22N4O2S. The predicted molar refractivity (Wildman–Crippen MR) is 136 cm³/mol. The fourth-order valence-electron chi connectivity index (χ4n) is 3.80. The molecule has 7 heteroatoms. The third-order valence-corrected chi connectivity index (χ3v) is 6.40. The van der Waals surface area contributed by atoms with Gasteiger partial charge >= 0.3 is 0 Å². The molecule has 1 N–H and O–H groups in total. The zero-order valence-corrected chi connectivity index (χ0v) is 19.4. The number of hydrogen-bond donors (Lipinski definition) is 1. The van der Waals surface area contributed by atoms with Crippen molar-refractivity contribution in [2.24, 2.45) is 0 Å². The van der Waals surface area contributed by atoms with Crippen LogP contribution < -0.4 is 10.9 Å². The lowest BCUT2D eigenvalue weighted by molar-refractivity contribution is 0.102. The molecule has 0 aliphatic carbocycles. The van der Waals surface area contributed by atoms with Gasteiger partial charge in [0.1, 0.15) is 0 Å². The average molecular weight is 467 g/mol. The van der Waals surface area contributed by atoms with Gasteiger partial charge in [-0.2, -0.15) is 5.10 Å². The minimum absolute atomic E-state index is 0.190. The SMILES string of the molecule is CCc1ccc(-c2csc(NC(=O)c3nn(Cc4ccccc4)c(=O)c4ccccc34)n2)cc1. The number of hydrogen-bond acceptors (Lipinski definition) is 5. The number of nitrogens with zero attached hydrogens (tertiary/aromatic N) is 3. The molecule has 1 amide bonds. The summed E-state index contributed by atoms with van der Waals surface area (Å²) >= 11 is 1.35. The van der Waals surface area contributed by atoms with E-state index < -0.39 is 5.91 Å². The number of aryl methyl sites for hydroxylation is 1. The van der Waals surface area contributed by atoms with E-state index in [1.807, 2.05) is 47.8 Å². The first-order chi connectivity index (χ1) is 16.6. The van der Waals surface area contributed by atoms with E-state index in [9.17, 15) is 9.59 Å². The number of rotatable bonds is 6. The number of anilines is 1. The van der Waals surface area contributed by atoms with Gasteiger partial charge in [0.2, 0.25) is 0 Å². The molecule has 0 aliphatic heterocycles. The molecule has 0 fully saturated rings. The van der Waals surface area contributed by atoms with E-state index in [0.29, 0.717) is 15.9 Å². The molecule has 0 aliphatic rings. The molecule has 0 saturated heterocycles. The lowest BCUT2D eigenvalue weighted by Gasteiger charge is -2.11. The molecule has 0 unspecified atom stereocenters. The van der Waals surface area contributed by atoms with Crippen molar-refractivity contribution in [3.8, 4) is 11.3 Å². The number of fused-ring (bicyclic) bond motifs is 1. The van der Waals surface area contributed by atoms with Crippen molar-refractivity contribution >= 4 is 33.1 Å². The summed E-state index contributed by atoms with van der Waals surface area (Å²) in [4.78, 5) is 30.9. The molecule has 2 aromatic heterocycles. The normalized spacial score (nSPS) is 11.0. The summed E-state index contributed by atoms with van der Waals surface area (Å²) in [6, 6.07) is 24.9. The van der Waals surface area contributed by atoms with Gasteiger partial charge in [0.15, 0.2) is 10.8 Å². The Bertz CT molecular complexity index is 1520. The van der Waals surface area contributed by atoms with Crippen molar-refractivity contribution in [1.29, 1.82) is 0 Å². The van der Waals surface area contributed by atoms with E-state index >= 15 is 0 Å². The van der Waals surface area contributed by atoms with Crippen LogP contribution in [0, 0.1) is 0 Å². The molecule has 0 saturated carbocycles. The van der Waals surface area contributed by atoms with Crippen LogP contribution in [-0.2, 0) is 13.0 Å². The van der Waals surface area contributed by atoms with Crippen molar-refractivity contribution in [2.75, 3.05) is 5.32 Å². The molecule has 0 atom stereocenters. The van der Waals surface area contributed by atoms with Crippen molar-refractivity contribution in [1.82, 2.24) is 14.8 Å². The van der Waals surface area contributed by atoms with E-state index in [4.69, 9.17) is 0 Å². The van der Waals surface area contributed by atoms with Crippen LogP contribution in [0.25, 0.3) is 22.0 Å². The van der Waals surface area contributed by atoms with Crippen LogP contribution in [0.4, 0.5) is 5.13 Å². The quantitative estimate of drug-likeness (QED) is 0.364. The number of amides is 1. The summed E-state index contributed by atoms with van der Waals surface area (Å²) in [5, 5.41) is 10.7. The fourth-order valence-corrected chi connectivity index (χ4v) is 4.51. The zero-order valence-electron chi connectivity index (χ0n) is 18.6. The number of nitrogens with one attached hydrogen (secondary N) is 1. The molecule has 6 nitrogen and oxygen atoms in total. The van der Waals surface area contributed by atoms with Gasteiger partial charge in [-0.3, -0.25) is 14.9 Å². The van der Waals surface area contributed by atoms with Crippen LogP contribution >= 0.6 is 11.3 Å². The van der Waals surface area contributed by atoms with Crippen molar-refractivity contribution in [3.63, 3.8) is 0 Å². The van der Waals surface area contributed by atoms with Gasteiger partial charge in [0, 0.05) is 16.3 Å². The Kier molecular flexibility index (Phi) is 6.01. The van der Waals surface area contributed by atoms with Crippen molar-refractivity contribution in [2.45, 2.75) is 19.9 Å². The first-order valence-electron chi connectivity index (χ1n) is 11.0. The predicted octanol–water partition coefficient (Wildman–Crippen LogP) is 5.38. The maximum Gasteiger partial charge on any atom is 0.278 e. The third-order valence-electron chi connectivity index (χ3n) is 5.64. The maximum absolute atomic E-state index is 13.3. The topological polar surface area (TPSA) is 76.9 Å². The largest absolute Gasteiger partial charge is 0.296 e. The second-order valence-corrected chi connectivity index (χ2v) is 8.74. The molecule has 0 radical (unpaired) electrons. The van der Waals surface area contributed by atoms with Gasteiger partial charge in [0.25, 0.3) is 11.5 Å². The van der Waals surface area contributed by atoms with Gasteiger partial charge in [0.05, 0.1) is 17.6 Å². The van der Waals surface area contributed by atoms with Crippen molar-refractivity contribution < 1.29 is 4.79 Å². The molecule has 3 aromatic carbocycles. The van der Waals surface area contributed by atoms with Crippen LogP contribution in [-0.4, -0.2) is 20.7 Å². The van der Waals surface area contributed by atoms with Crippen molar-refractivity contribution in [3.05, 3.63) is 111 Å². The van der Waals surface area contributed by atoms with Crippen LogP contribution in [0.15, 0.2) is 89.0 Å². The summed E-state index contributed by atoms with van der Waals surface area (Å²) in [5.41, 5.74) is 3.94. The Labute approximate surface area is 200 Å². The maximum atomic E-state index is 13.3. The van der Waals surface area contributed by atoms with E-state index in [-0.39, 0.29) is 17.8 Å². The molecule has 0 bridgehead atoms. The minimum Gasteiger partial charge on any atom is -0.296 e. The van der Waals surface area contributed by atoms with E-state index in [1.54, 1.807) is 24.3 Å². The van der Waals surface area contributed by atoms with Crippen LogP contribution in [0.3, 0.4) is 0 Å². The van der Waals surface area contributed by atoms with Gasteiger partial charge in [-0.05, 0) is 23.6 Å². The van der Waals surface area contributed by atoms with Crippen LogP contribution in [0.5, 0.6) is 0 Å². The molecule has 34 heavy (non-hydrogen) atoms. The zero-order chi connectivity index (χ0) is 23.5. The highest BCUT2D eigenvalue weighted by atomic mass is 32.1. The summed E-state index contributed by atoms with van der Waals surface area (Å²) in [6.07, 6.45) is 0.978. The summed E-state index contributed by atoms with van der Waals surface area (Å²) in [6.45, 7) is 2.39. The summed E-state index contributed by atoms with van der Waals surface area (Å²) < 4.78 is 1.34. The molecule has 168 valence electrons. The average Bonchev–Trinajstić information content (AvgIpc) is 3.35. The fraction of sp³-hybridized carbons (Fsp3) is 0.111. The van der Waals surface area contributed by atoms with Crippen LogP contribution in [0.2, 0.25) is 0 Å². The second-order valence-electron chi connectivity index (χ2n) is 7.89. The Balaban J connectivity index is 1.46. The molecule has 5 aromatic rings. The first-order valence-corrected chi connectivity index (χ1v) is 11.9. The highest BCUT2D eigenvalue weighted by Gasteiger charge is 2.18. The third kappa shape index (κ3) is 4.38. The highest BCUT2D eigenvalue weighted by Crippen LogP contribution is 2.26. The molecule has 5 rings (SSSR count). The Morgan fingerprint density at radius 2 is 1.62 bits per heavy atom. The van der Waals surface area contributed by atoms with Crippen LogP contribution in [0.1, 0.15) is 28.5 Å². The smallest absolute Gasteiger partial charge is 0.278 e. The first kappa shape index (κ1) is 21.7. The Hall–Kier alpha value is -4.10.